The highest BCUT2D eigenvalue weighted by Gasteiger charge is 2.25. The maximum Gasteiger partial charge on any atom is 0.0630 e. The Balaban J connectivity index is 1.82. The van der Waals surface area contributed by atoms with E-state index in [1.807, 2.05) is 0 Å². The van der Waals surface area contributed by atoms with Crippen LogP contribution in [0.3, 0.4) is 0 Å². The lowest BCUT2D eigenvalue weighted by Gasteiger charge is -2.36. The molecule has 1 unspecified atom stereocenters. The van der Waals surface area contributed by atoms with Crippen LogP contribution in [0, 0.1) is 6.42 Å². The number of hydrogen-bond acceptors (Lipinski definition) is 2. The molecule has 2 aliphatic heterocycles. The Morgan fingerprint density at radius 1 is 1.44 bits per heavy atom. The first-order valence-corrected chi connectivity index (χ1v) is 3.77. The molecule has 0 aromatic rings. The molecule has 0 saturated carbocycles. The van der Waals surface area contributed by atoms with Gasteiger partial charge in [0.15, 0.2) is 0 Å². The van der Waals surface area contributed by atoms with Crippen molar-refractivity contribution in [1.82, 2.24) is 10.2 Å². The minimum Gasteiger partial charge on any atom is -0.301 e. The first-order valence-electron chi connectivity index (χ1n) is 3.77. The molecule has 2 rings (SSSR count). The van der Waals surface area contributed by atoms with Gasteiger partial charge < -0.3 is 5.32 Å². The van der Waals surface area contributed by atoms with E-state index in [0.29, 0.717) is 6.17 Å². The Morgan fingerprint density at radius 3 is 2.78 bits per heavy atom. The third kappa shape index (κ3) is 0.970. The Morgan fingerprint density at radius 2 is 2.33 bits per heavy atom. The molecule has 51 valence electrons. The van der Waals surface area contributed by atoms with Gasteiger partial charge in [-0.2, -0.15) is 0 Å². The van der Waals surface area contributed by atoms with Crippen LogP contribution in [0.2, 0.25) is 0 Å². The molecule has 1 radical (unpaired) electrons. The van der Waals surface area contributed by atoms with Crippen molar-refractivity contribution in [3.05, 3.63) is 6.42 Å². The van der Waals surface area contributed by atoms with Crippen molar-refractivity contribution >= 4 is 0 Å². The summed E-state index contributed by atoms with van der Waals surface area (Å²) in [6.45, 7) is 3.78. The van der Waals surface area contributed by atoms with Gasteiger partial charge in [0.1, 0.15) is 0 Å². The van der Waals surface area contributed by atoms with E-state index in [2.05, 4.69) is 16.6 Å². The van der Waals surface area contributed by atoms with E-state index in [1.54, 1.807) is 0 Å². The first kappa shape index (κ1) is 5.69. The van der Waals surface area contributed by atoms with Crippen LogP contribution in [0.4, 0.5) is 0 Å². The Hall–Kier alpha value is -0.0800. The van der Waals surface area contributed by atoms with E-state index >= 15 is 0 Å². The van der Waals surface area contributed by atoms with Crippen LogP contribution in [0.25, 0.3) is 0 Å². The lowest BCUT2D eigenvalue weighted by atomic mass is 10.2. The summed E-state index contributed by atoms with van der Waals surface area (Å²) >= 11 is 0. The van der Waals surface area contributed by atoms with Crippen molar-refractivity contribution < 1.29 is 0 Å². The topological polar surface area (TPSA) is 15.3 Å². The molecule has 2 aliphatic rings. The molecule has 0 aliphatic carbocycles. The molecule has 2 heterocycles. The van der Waals surface area contributed by atoms with Crippen molar-refractivity contribution in [2.45, 2.75) is 19.0 Å². The van der Waals surface area contributed by atoms with Gasteiger partial charge in [-0.25, -0.2) is 0 Å². The van der Waals surface area contributed by atoms with Crippen LogP contribution in [-0.4, -0.2) is 30.7 Å². The molecule has 1 atom stereocenters. The van der Waals surface area contributed by atoms with Crippen molar-refractivity contribution in [1.29, 1.82) is 0 Å². The molecule has 2 nitrogen and oxygen atoms in total. The maximum atomic E-state index is 3.43. The van der Waals surface area contributed by atoms with Gasteiger partial charge in [-0.15, -0.1) is 0 Å². The van der Waals surface area contributed by atoms with Crippen LogP contribution >= 0.6 is 0 Å². The smallest absolute Gasteiger partial charge is 0.0630 e. The summed E-state index contributed by atoms with van der Waals surface area (Å²) in [4.78, 5) is 2.48. The van der Waals surface area contributed by atoms with Crippen LogP contribution in [0.15, 0.2) is 0 Å². The molecule has 0 bridgehead atoms. The summed E-state index contributed by atoms with van der Waals surface area (Å²) in [5.74, 6) is 0. The minimum atomic E-state index is 0.624. The molecule has 2 saturated heterocycles. The summed E-state index contributed by atoms with van der Waals surface area (Å²) in [7, 11) is 0. The maximum absolute atomic E-state index is 3.43. The van der Waals surface area contributed by atoms with Gasteiger partial charge in [-0.05, 0) is 25.8 Å². The molecule has 0 spiro atoms. The van der Waals surface area contributed by atoms with E-state index in [4.69, 9.17) is 0 Å². The Kier molecular flexibility index (Phi) is 1.44. The highest BCUT2D eigenvalue weighted by Crippen LogP contribution is 2.15. The first-order chi connectivity index (χ1) is 4.47. The van der Waals surface area contributed by atoms with Crippen LogP contribution in [0.5, 0.6) is 0 Å². The van der Waals surface area contributed by atoms with E-state index in [9.17, 15) is 0 Å². The number of nitrogens with zero attached hydrogens (tertiary/aromatic N) is 1. The van der Waals surface area contributed by atoms with E-state index in [-0.39, 0.29) is 0 Å². The minimum absolute atomic E-state index is 0.624. The number of likely N-dealkylation sites (tertiary alicyclic amines) is 1. The number of rotatable bonds is 1. The number of hydrogen-bond donors (Lipinski definition) is 1. The van der Waals surface area contributed by atoms with Crippen molar-refractivity contribution in [2.75, 3.05) is 19.6 Å². The molecule has 2 fully saturated rings. The predicted molar refractivity (Wildman–Crippen MR) is 36.9 cm³/mol. The summed E-state index contributed by atoms with van der Waals surface area (Å²) < 4.78 is 0. The molecule has 0 amide bonds. The van der Waals surface area contributed by atoms with Gasteiger partial charge >= 0.3 is 0 Å². The van der Waals surface area contributed by atoms with Gasteiger partial charge in [0.25, 0.3) is 0 Å². The summed E-state index contributed by atoms with van der Waals surface area (Å²) in [5.41, 5.74) is 0. The third-order valence-electron chi connectivity index (χ3n) is 2.17. The fourth-order valence-electron chi connectivity index (χ4n) is 1.45. The van der Waals surface area contributed by atoms with Crippen molar-refractivity contribution in [3.63, 3.8) is 0 Å². The fraction of sp³-hybridized carbons (Fsp3) is 0.857. The normalized spacial score (nSPS) is 36.7. The van der Waals surface area contributed by atoms with Crippen LogP contribution < -0.4 is 5.32 Å². The molecular formula is C7H13N2. The fourth-order valence-corrected chi connectivity index (χ4v) is 1.45. The average Bonchev–Trinajstić information content (AvgIpc) is 2.11. The van der Waals surface area contributed by atoms with Gasteiger partial charge in [-0.1, -0.05) is 0 Å². The molecule has 0 aromatic carbocycles. The highest BCUT2D eigenvalue weighted by atomic mass is 15.3. The van der Waals surface area contributed by atoms with E-state index in [1.165, 1.54) is 32.5 Å². The molecule has 0 aromatic heterocycles. The zero-order chi connectivity index (χ0) is 6.10. The molecular weight excluding hydrogens is 112 g/mol. The second kappa shape index (κ2) is 2.27. The predicted octanol–water partition coefficient (Wildman–Crippen LogP) is 0.216. The van der Waals surface area contributed by atoms with Gasteiger partial charge in [0.2, 0.25) is 0 Å². The standard InChI is InChI=1S/C7H13N2/c1-3-7(8-4-1)9-5-2-6-9/h3,7-8H,1-2,4-6H2. The molecule has 2 heteroatoms. The van der Waals surface area contributed by atoms with Crippen LogP contribution in [-0.2, 0) is 0 Å². The van der Waals surface area contributed by atoms with E-state index in [0.717, 1.165) is 0 Å². The van der Waals surface area contributed by atoms with Crippen molar-refractivity contribution in [2.24, 2.45) is 0 Å². The summed E-state index contributed by atoms with van der Waals surface area (Å²) in [6.07, 6.45) is 5.64. The summed E-state index contributed by atoms with van der Waals surface area (Å²) in [5, 5.41) is 3.43. The zero-order valence-corrected chi connectivity index (χ0v) is 5.64. The monoisotopic (exact) mass is 125 g/mol. The van der Waals surface area contributed by atoms with Gasteiger partial charge in [0, 0.05) is 13.1 Å². The zero-order valence-electron chi connectivity index (χ0n) is 5.64. The van der Waals surface area contributed by atoms with E-state index < -0.39 is 0 Å². The second-order valence-electron chi connectivity index (χ2n) is 2.81. The molecule has 1 N–H and O–H groups in total. The quantitative estimate of drug-likeness (QED) is 0.539. The number of nitrogens with one attached hydrogen (secondary N) is 1. The largest absolute Gasteiger partial charge is 0.301 e. The second-order valence-corrected chi connectivity index (χ2v) is 2.81. The van der Waals surface area contributed by atoms with Gasteiger partial charge in [0.05, 0.1) is 6.17 Å². The third-order valence-corrected chi connectivity index (χ3v) is 2.17. The SMILES string of the molecule is [CH]1CCNC1N1CCC1. The lowest BCUT2D eigenvalue weighted by Crippen LogP contribution is -2.49. The summed E-state index contributed by atoms with van der Waals surface area (Å²) in [6, 6.07) is 0. The lowest BCUT2D eigenvalue weighted by molar-refractivity contribution is 0.126. The highest BCUT2D eigenvalue weighted by molar-refractivity contribution is 4.92. The Labute approximate surface area is 56.2 Å². The van der Waals surface area contributed by atoms with Gasteiger partial charge in [-0.3, -0.25) is 4.90 Å². The Bertz CT molecular complexity index is 93.1. The average molecular weight is 125 g/mol. The molecule has 9 heavy (non-hydrogen) atoms. The van der Waals surface area contributed by atoms with Crippen LogP contribution in [0.1, 0.15) is 12.8 Å². The van der Waals surface area contributed by atoms with Crippen molar-refractivity contribution in [3.8, 4) is 0 Å².